The molecule has 64 heavy (non-hydrogen) atoms. The number of hydrogen-bond acceptors (Lipinski definition) is 9. The molecule has 6 atom stereocenters. The van der Waals surface area contributed by atoms with E-state index in [0.717, 1.165) is 57.4 Å². The van der Waals surface area contributed by atoms with Crippen molar-refractivity contribution < 1.29 is 33.0 Å². The first-order chi connectivity index (χ1) is 30.8. The highest BCUT2D eigenvalue weighted by atomic mass is 19.1. The molecule has 2 fully saturated rings. The number of amides is 3. The van der Waals surface area contributed by atoms with Crippen LogP contribution in [0.15, 0.2) is 79.1 Å². The van der Waals surface area contributed by atoms with Gasteiger partial charge in [-0.15, -0.1) is 0 Å². The number of imidazole rings is 2. The summed E-state index contributed by atoms with van der Waals surface area (Å²) in [5, 5.41) is 3.70. The number of alkyl carbamates (subject to hydrolysis) is 1. The second-order valence-electron chi connectivity index (χ2n) is 17.7. The molecule has 0 saturated carbocycles. The Morgan fingerprint density at radius 1 is 0.875 bits per heavy atom. The molecule has 0 radical (unpaired) electrons. The number of carbonyl (C=O) groups is 3. The minimum Gasteiger partial charge on any atom is -0.497 e. The summed E-state index contributed by atoms with van der Waals surface area (Å²) in [6.45, 7) is 8.10. The van der Waals surface area contributed by atoms with E-state index in [1.807, 2.05) is 70.2 Å². The molecule has 3 aliphatic rings. The van der Waals surface area contributed by atoms with Crippen molar-refractivity contribution in [1.29, 1.82) is 0 Å². The fourth-order valence-electron chi connectivity index (χ4n) is 9.31. The molecule has 5 N–H and O–H groups in total. The van der Waals surface area contributed by atoms with E-state index < -0.39 is 36.6 Å². The van der Waals surface area contributed by atoms with Gasteiger partial charge >= 0.3 is 6.09 Å². The zero-order valence-electron chi connectivity index (χ0n) is 36.8. The first kappa shape index (κ1) is 42.6. The van der Waals surface area contributed by atoms with Crippen LogP contribution < -0.4 is 20.5 Å². The van der Waals surface area contributed by atoms with Gasteiger partial charge in [0.25, 0.3) is 0 Å². The summed E-state index contributed by atoms with van der Waals surface area (Å²) >= 11 is 0. The highest BCUT2D eigenvalue weighted by Crippen LogP contribution is 2.47. The van der Waals surface area contributed by atoms with Crippen LogP contribution in [0.5, 0.6) is 11.5 Å². The molecule has 3 aliphatic heterocycles. The van der Waals surface area contributed by atoms with E-state index in [4.69, 9.17) is 24.9 Å². The summed E-state index contributed by atoms with van der Waals surface area (Å²) in [6.07, 6.45) is 2.86. The number of aromatic amines is 2. The molecular weight excluding hydrogens is 818 g/mol. The van der Waals surface area contributed by atoms with E-state index in [9.17, 15) is 18.8 Å². The van der Waals surface area contributed by atoms with Crippen molar-refractivity contribution in [3.8, 4) is 45.3 Å². The second-order valence-corrected chi connectivity index (χ2v) is 17.7. The van der Waals surface area contributed by atoms with Gasteiger partial charge in [-0.3, -0.25) is 9.59 Å². The summed E-state index contributed by atoms with van der Waals surface area (Å²) in [7, 11) is 2.92. The first-order valence-corrected chi connectivity index (χ1v) is 21.9. The summed E-state index contributed by atoms with van der Waals surface area (Å²) in [5.74, 6) is 1.90. The van der Waals surface area contributed by atoms with Gasteiger partial charge in [0.2, 0.25) is 18.0 Å². The van der Waals surface area contributed by atoms with E-state index in [1.54, 1.807) is 24.4 Å². The van der Waals surface area contributed by atoms with Gasteiger partial charge in [0.15, 0.2) is 0 Å². The Hall–Kier alpha value is -6.68. The lowest BCUT2D eigenvalue weighted by Gasteiger charge is -2.30. The predicted octanol–water partition coefficient (Wildman–Crippen LogP) is 7.68. The topological polar surface area (TPSA) is 186 Å². The monoisotopic (exact) mass is 871 g/mol. The van der Waals surface area contributed by atoms with E-state index in [2.05, 4.69) is 49.1 Å². The van der Waals surface area contributed by atoms with Crippen LogP contribution in [-0.4, -0.2) is 97.8 Å². The fourth-order valence-corrected chi connectivity index (χ4v) is 9.31. The van der Waals surface area contributed by atoms with Gasteiger partial charge < -0.3 is 49.6 Å². The van der Waals surface area contributed by atoms with Crippen LogP contribution in [0.1, 0.15) is 82.5 Å². The van der Waals surface area contributed by atoms with Crippen LogP contribution in [0.4, 0.5) is 9.18 Å². The number of aromatic nitrogens is 5. The lowest BCUT2D eigenvalue weighted by atomic mass is 10.0. The molecule has 0 bridgehead atoms. The summed E-state index contributed by atoms with van der Waals surface area (Å²) < 4.78 is 34.4. The van der Waals surface area contributed by atoms with Gasteiger partial charge in [0, 0.05) is 40.6 Å². The molecule has 2 saturated heterocycles. The van der Waals surface area contributed by atoms with Crippen LogP contribution >= 0.6 is 0 Å². The van der Waals surface area contributed by atoms with Crippen molar-refractivity contribution in [2.24, 2.45) is 17.6 Å². The van der Waals surface area contributed by atoms with Crippen molar-refractivity contribution in [3.05, 3.63) is 96.3 Å². The van der Waals surface area contributed by atoms with E-state index in [0.29, 0.717) is 35.4 Å². The Morgan fingerprint density at radius 2 is 1.59 bits per heavy atom. The number of methoxy groups -OCH3 is 2. The molecule has 6 heterocycles. The van der Waals surface area contributed by atoms with Gasteiger partial charge in [-0.05, 0) is 67.1 Å². The van der Waals surface area contributed by atoms with Crippen LogP contribution in [0.3, 0.4) is 0 Å². The standard InChI is InChI=1S/C48H54FN9O6/c1-25(2)41(50)45(59)57-24-31(49)21-39(57)44-52-23-35(54-44)28-12-14-33-38-19-30-17-27(13-15-36(30)58(38)47(64-40(33)20-28)29-9-7-10-32(18-29)62-5)34-22-51-43(53-34)37-11-8-16-56(37)46(60)42(26(3)4)55-48(61)63-6/h7,9-10,12-15,17-20,22-23,25-26,31,37,39,41-42,47H,8,11,16,21,24,50H2,1-6H3,(H,51,53)(H,52,54)(H,55,61). The number of nitrogens with zero attached hydrogens (tertiary/aromatic N) is 5. The van der Waals surface area contributed by atoms with Crippen LogP contribution in [0.2, 0.25) is 0 Å². The van der Waals surface area contributed by atoms with Crippen molar-refractivity contribution in [2.75, 3.05) is 27.3 Å². The van der Waals surface area contributed by atoms with Gasteiger partial charge in [-0.2, -0.15) is 0 Å². The smallest absolute Gasteiger partial charge is 0.407 e. The van der Waals surface area contributed by atoms with Crippen molar-refractivity contribution in [2.45, 2.75) is 83.5 Å². The molecule has 15 nitrogen and oxygen atoms in total. The van der Waals surface area contributed by atoms with Gasteiger partial charge in [0.1, 0.15) is 35.4 Å². The largest absolute Gasteiger partial charge is 0.497 e. The normalized spacial score (nSPS) is 20.3. The SMILES string of the molecule is COC(=O)NC(C(=O)N1CCCC1c1ncc(-c2ccc3c(c2)cc2n3C(c3cccc(OC)c3)Oc3cc(-c4cnc(C5CC(F)CN5C(=O)C(N)C(C)C)[nH]4)ccc3-2)[nH]1)C(C)C. The Morgan fingerprint density at radius 3 is 2.30 bits per heavy atom. The number of fused-ring (bicyclic) bond motifs is 5. The summed E-state index contributed by atoms with van der Waals surface area (Å²) in [4.78, 5) is 58.8. The van der Waals surface area contributed by atoms with Crippen LogP contribution in [-0.2, 0) is 14.3 Å². The number of halogens is 1. The number of nitrogens with two attached hydrogens (primary N) is 1. The van der Waals surface area contributed by atoms with E-state index >= 15 is 0 Å². The molecule has 16 heteroatoms. The fraction of sp³-hybridized carbons (Fsp3) is 0.396. The highest BCUT2D eigenvalue weighted by molar-refractivity contribution is 5.93. The lowest BCUT2D eigenvalue weighted by Crippen LogP contribution is -2.51. The Labute approximate surface area is 370 Å². The van der Waals surface area contributed by atoms with Gasteiger partial charge in [0.05, 0.1) is 73.9 Å². The van der Waals surface area contributed by atoms with Gasteiger partial charge in [-0.25, -0.2) is 19.2 Å². The number of carbonyl (C=O) groups excluding carboxylic acids is 3. The Balaban J connectivity index is 1.04. The van der Waals surface area contributed by atoms with E-state index in [1.165, 1.54) is 12.0 Å². The third-order valence-corrected chi connectivity index (χ3v) is 12.9. The summed E-state index contributed by atoms with van der Waals surface area (Å²) in [6, 6.07) is 20.0. The average Bonchev–Trinajstić information content (AvgIpc) is 4.16. The average molecular weight is 872 g/mol. The Kier molecular flexibility index (Phi) is 11.4. The highest BCUT2D eigenvalue weighted by Gasteiger charge is 2.41. The lowest BCUT2D eigenvalue weighted by molar-refractivity contribution is -0.136. The molecule has 6 unspecified atom stereocenters. The molecule has 334 valence electrons. The molecule has 6 aromatic rings. The maximum atomic E-state index is 14.8. The van der Waals surface area contributed by atoms with E-state index in [-0.39, 0.29) is 42.7 Å². The molecule has 0 spiro atoms. The number of benzene rings is 3. The minimum atomic E-state index is -1.17. The molecule has 3 aromatic carbocycles. The molecular formula is C48H54FN9O6. The van der Waals surface area contributed by atoms with Gasteiger partial charge in [-0.1, -0.05) is 52.0 Å². The Bertz CT molecular complexity index is 2720. The van der Waals surface area contributed by atoms with Crippen molar-refractivity contribution in [1.82, 2.24) is 39.6 Å². The van der Waals surface area contributed by atoms with Crippen molar-refractivity contribution >= 4 is 28.8 Å². The molecule has 3 amide bonds. The number of rotatable bonds is 11. The molecule has 9 rings (SSSR count). The van der Waals surface area contributed by atoms with Crippen molar-refractivity contribution in [3.63, 3.8) is 0 Å². The third-order valence-electron chi connectivity index (χ3n) is 12.9. The minimum absolute atomic E-state index is 0.0179. The predicted molar refractivity (Wildman–Crippen MR) is 239 cm³/mol. The number of hydrogen-bond donors (Lipinski definition) is 4. The molecule has 3 aromatic heterocycles. The zero-order chi connectivity index (χ0) is 45.0. The summed E-state index contributed by atoms with van der Waals surface area (Å²) in [5.41, 5.74) is 13.2. The number of H-pyrrole nitrogens is 2. The first-order valence-electron chi connectivity index (χ1n) is 21.9. The van der Waals surface area contributed by atoms with Crippen LogP contribution in [0, 0.1) is 11.8 Å². The van der Waals surface area contributed by atoms with Crippen LogP contribution in [0.25, 0.3) is 44.7 Å². The third kappa shape index (κ3) is 7.73. The number of alkyl halides is 1. The molecule has 0 aliphatic carbocycles. The number of ether oxygens (including phenoxy) is 3. The maximum absolute atomic E-state index is 14.8. The quantitative estimate of drug-likeness (QED) is 0.101. The maximum Gasteiger partial charge on any atom is 0.407 e. The number of likely N-dealkylation sites (tertiary alicyclic amines) is 2. The zero-order valence-corrected chi connectivity index (χ0v) is 36.8. The second kappa shape index (κ2) is 17.1. The number of nitrogens with one attached hydrogen (secondary N) is 3.